The molecule has 3 N–H and O–H groups in total. The summed E-state index contributed by atoms with van der Waals surface area (Å²) >= 11 is 0. The zero-order valence-electron chi connectivity index (χ0n) is 14.2. The van der Waals surface area contributed by atoms with E-state index in [0.717, 1.165) is 0 Å². The molecule has 2 heterocycles. The molecule has 1 aromatic carbocycles. The number of halogens is 1. The van der Waals surface area contributed by atoms with Crippen LogP contribution in [0.2, 0.25) is 0 Å². The van der Waals surface area contributed by atoms with Gasteiger partial charge in [-0.15, -0.1) is 0 Å². The second-order valence-corrected chi connectivity index (χ2v) is 6.10. The number of anilines is 3. The monoisotopic (exact) mass is 344 g/mol. The largest absolute Gasteiger partial charge is 0.395 e. The van der Waals surface area contributed by atoms with Crippen LogP contribution in [0, 0.1) is 11.7 Å². The summed E-state index contributed by atoms with van der Waals surface area (Å²) in [4.78, 5) is 13.2. The van der Waals surface area contributed by atoms with Crippen LogP contribution in [0.5, 0.6) is 0 Å². The van der Waals surface area contributed by atoms with E-state index in [1.54, 1.807) is 24.4 Å². The summed E-state index contributed by atoms with van der Waals surface area (Å²) in [6.45, 7) is 5.20. The first-order valence-electron chi connectivity index (χ1n) is 8.18. The Labute approximate surface area is 144 Å². The maximum atomic E-state index is 14.0. The van der Waals surface area contributed by atoms with Gasteiger partial charge in [0.2, 0.25) is 11.9 Å². The highest BCUT2D eigenvalue weighted by Gasteiger charge is 2.15. The fourth-order valence-electron chi connectivity index (χ4n) is 2.49. The molecule has 8 heteroatoms. The lowest BCUT2D eigenvalue weighted by Crippen LogP contribution is -2.11. The Kier molecular flexibility index (Phi) is 5.08. The summed E-state index contributed by atoms with van der Waals surface area (Å²) in [5, 5.41) is 14.9. The minimum Gasteiger partial charge on any atom is -0.395 e. The predicted octanol–water partition coefficient (Wildman–Crippen LogP) is 2.77. The third-order valence-electron chi connectivity index (χ3n) is 3.55. The lowest BCUT2D eigenvalue weighted by atomic mass is 10.2. The molecular formula is C17H21FN6O. The van der Waals surface area contributed by atoms with Crippen molar-refractivity contribution in [2.24, 2.45) is 5.92 Å². The first-order chi connectivity index (χ1) is 12.1. The molecule has 0 atom stereocenters. The van der Waals surface area contributed by atoms with Gasteiger partial charge in [0, 0.05) is 13.1 Å². The third kappa shape index (κ3) is 3.85. The van der Waals surface area contributed by atoms with Crippen molar-refractivity contribution in [2.75, 3.05) is 23.8 Å². The van der Waals surface area contributed by atoms with E-state index in [1.807, 2.05) is 4.57 Å². The van der Waals surface area contributed by atoms with Gasteiger partial charge in [-0.25, -0.2) is 14.4 Å². The topological polar surface area (TPSA) is 87.9 Å². The number of rotatable bonds is 7. The van der Waals surface area contributed by atoms with Gasteiger partial charge in [0.15, 0.2) is 5.65 Å². The van der Waals surface area contributed by atoms with Crippen LogP contribution in [0.3, 0.4) is 0 Å². The van der Waals surface area contributed by atoms with Crippen molar-refractivity contribution < 1.29 is 9.50 Å². The minimum atomic E-state index is -0.345. The van der Waals surface area contributed by atoms with Crippen molar-refractivity contribution in [1.29, 1.82) is 0 Å². The Hall–Kier alpha value is -2.74. The molecular weight excluding hydrogens is 323 g/mol. The molecule has 0 unspecified atom stereocenters. The van der Waals surface area contributed by atoms with E-state index in [-0.39, 0.29) is 12.4 Å². The van der Waals surface area contributed by atoms with Crippen LogP contribution >= 0.6 is 0 Å². The Morgan fingerprint density at radius 1 is 1.24 bits per heavy atom. The number of nitrogens with zero attached hydrogens (tertiary/aromatic N) is 4. The van der Waals surface area contributed by atoms with E-state index in [0.29, 0.717) is 47.8 Å². The molecule has 0 bridgehead atoms. The molecule has 0 saturated carbocycles. The van der Waals surface area contributed by atoms with Gasteiger partial charge in [0.05, 0.1) is 18.5 Å². The van der Waals surface area contributed by atoms with Crippen LogP contribution in [0.4, 0.5) is 22.0 Å². The van der Waals surface area contributed by atoms with E-state index in [2.05, 4.69) is 39.4 Å². The average Bonchev–Trinajstić information content (AvgIpc) is 2.91. The van der Waals surface area contributed by atoms with Gasteiger partial charge in [0.1, 0.15) is 11.3 Å². The van der Waals surface area contributed by atoms with Crippen molar-refractivity contribution >= 4 is 28.7 Å². The maximum Gasteiger partial charge on any atom is 0.224 e. The summed E-state index contributed by atoms with van der Waals surface area (Å²) < 4.78 is 15.9. The molecule has 7 nitrogen and oxygen atoms in total. The van der Waals surface area contributed by atoms with E-state index in [4.69, 9.17) is 5.11 Å². The summed E-state index contributed by atoms with van der Waals surface area (Å²) in [6, 6.07) is 6.46. The Morgan fingerprint density at radius 2 is 2.04 bits per heavy atom. The van der Waals surface area contributed by atoms with Crippen molar-refractivity contribution in [2.45, 2.75) is 20.4 Å². The quantitative estimate of drug-likeness (QED) is 0.611. The number of aromatic nitrogens is 4. The number of aliphatic hydroxyl groups excluding tert-OH is 1. The van der Waals surface area contributed by atoms with Crippen LogP contribution in [-0.2, 0) is 6.54 Å². The first kappa shape index (κ1) is 17.1. The third-order valence-corrected chi connectivity index (χ3v) is 3.55. The Balaban J connectivity index is 2.02. The smallest absolute Gasteiger partial charge is 0.224 e. The zero-order chi connectivity index (χ0) is 17.8. The number of para-hydroxylation sites is 1. The van der Waals surface area contributed by atoms with Crippen LogP contribution in [0.1, 0.15) is 13.8 Å². The van der Waals surface area contributed by atoms with Crippen LogP contribution in [0.25, 0.3) is 11.2 Å². The molecule has 0 aliphatic rings. The number of hydrogen-bond donors (Lipinski definition) is 3. The molecule has 3 aromatic rings. The zero-order valence-corrected chi connectivity index (χ0v) is 14.2. The molecule has 0 spiro atoms. The molecule has 0 aliphatic heterocycles. The standard InChI is InChI=1S/C17H21FN6O/c1-11(2)10-24-15-14(9-20-16(23-15)19-7-8-25)22-17(24)21-13-6-4-3-5-12(13)18/h3-6,9,11,25H,7-8,10H2,1-2H3,(H,21,22)(H,19,20,23). The van der Waals surface area contributed by atoms with E-state index >= 15 is 0 Å². The first-order valence-corrected chi connectivity index (χ1v) is 8.18. The summed E-state index contributed by atoms with van der Waals surface area (Å²) in [6.07, 6.45) is 1.62. The molecule has 0 saturated heterocycles. The van der Waals surface area contributed by atoms with Gasteiger partial charge < -0.3 is 15.7 Å². The number of nitrogens with one attached hydrogen (secondary N) is 2. The predicted molar refractivity (Wildman–Crippen MR) is 95.4 cm³/mol. The van der Waals surface area contributed by atoms with Crippen LogP contribution < -0.4 is 10.6 Å². The van der Waals surface area contributed by atoms with Gasteiger partial charge in [0.25, 0.3) is 0 Å². The van der Waals surface area contributed by atoms with E-state index < -0.39 is 0 Å². The van der Waals surface area contributed by atoms with Crippen molar-refractivity contribution in [1.82, 2.24) is 19.5 Å². The second-order valence-electron chi connectivity index (χ2n) is 6.10. The van der Waals surface area contributed by atoms with Gasteiger partial charge in [-0.3, -0.25) is 4.57 Å². The minimum absolute atomic E-state index is 0.00720. The van der Waals surface area contributed by atoms with Crippen LogP contribution in [0.15, 0.2) is 30.5 Å². The normalized spacial score (nSPS) is 11.2. The lowest BCUT2D eigenvalue weighted by molar-refractivity contribution is 0.311. The number of benzene rings is 1. The average molecular weight is 344 g/mol. The molecule has 25 heavy (non-hydrogen) atoms. The summed E-state index contributed by atoms with van der Waals surface area (Å²) in [7, 11) is 0. The number of hydrogen-bond acceptors (Lipinski definition) is 6. The second kappa shape index (κ2) is 7.43. The Bertz CT molecular complexity index is 863. The molecule has 3 rings (SSSR count). The maximum absolute atomic E-state index is 14.0. The Morgan fingerprint density at radius 3 is 2.76 bits per heavy atom. The highest BCUT2D eigenvalue weighted by atomic mass is 19.1. The number of fused-ring (bicyclic) bond motifs is 1. The molecule has 0 fully saturated rings. The van der Waals surface area contributed by atoms with E-state index in [1.165, 1.54) is 6.07 Å². The van der Waals surface area contributed by atoms with E-state index in [9.17, 15) is 4.39 Å². The van der Waals surface area contributed by atoms with Gasteiger partial charge in [-0.05, 0) is 18.1 Å². The van der Waals surface area contributed by atoms with Crippen molar-refractivity contribution in [3.8, 4) is 0 Å². The molecule has 0 amide bonds. The lowest BCUT2D eigenvalue weighted by Gasteiger charge is -2.13. The van der Waals surface area contributed by atoms with Crippen molar-refractivity contribution in [3.63, 3.8) is 0 Å². The summed E-state index contributed by atoms with van der Waals surface area (Å²) in [5.41, 5.74) is 1.63. The molecule has 132 valence electrons. The number of imidazole rings is 1. The molecule has 0 aliphatic carbocycles. The fourth-order valence-corrected chi connectivity index (χ4v) is 2.49. The number of aliphatic hydroxyl groups is 1. The van der Waals surface area contributed by atoms with Crippen LogP contribution in [-0.4, -0.2) is 37.8 Å². The molecule has 2 aromatic heterocycles. The van der Waals surface area contributed by atoms with Gasteiger partial charge in [-0.2, -0.15) is 4.98 Å². The fraction of sp³-hybridized carbons (Fsp3) is 0.353. The van der Waals surface area contributed by atoms with Gasteiger partial charge in [-0.1, -0.05) is 26.0 Å². The molecule has 0 radical (unpaired) electrons. The van der Waals surface area contributed by atoms with Gasteiger partial charge >= 0.3 is 0 Å². The van der Waals surface area contributed by atoms with Crippen molar-refractivity contribution in [3.05, 3.63) is 36.3 Å². The SMILES string of the molecule is CC(C)Cn1c(Nc2ccccc2F)nc2cnc(NCCO)nc21. The highest BCUT2D eigenvalue weighted by molar-refractivity contribution is 5.76. The summed E-state index contributed by atoms with van der Waals surface area (Å²) in [5.74, 6) is 0.940. The highest BCUT2D eigenvalue weighted by Crippen LogP contribution is 2.24.